The van der Waals surface area contributed by atoms with Crippen LogP contribution in [0.5, 0.6) is 5.75 Å². The van der Waals surface area contributed by atoms with Crippen molar-refractivity contribution in [2.75, 3.05) is 12.3 Å². The minimum atomic E-state index is -0.797. The number of phenolic OH excluding ortho intramolecular Hbond substituents is 1. The van der Waals surface area contributed by atoms with E-state index in [1.165, 1.54) is 6.07 Å². The van der Waals surface area contributed by atoms with Crippen molar-refractivity contribution in [2.45, 2.75) is 51.7 Å². The van der Waals surface area contributed by atoms with Crippen molar-refractivity contribution < 1.29 is 19.7 Å². The monoisotopic (exact) mass is 310 g/mol. The van der Waals surface area contributed by atoms with Gasteiger partial charge in [0.1, 0.15) is 11.4 Å². The van der Waals surface area contributed by atoms with E-state index in [1.807, 2.05) is 0 Å². The van der Waals surface area contributed by atoms with Gasteiger partial charge >= 0.3 is 6.09 Å². The third-order valence-corrected chi connectivity index (χ3v) is 3.21. The van der Waals surface area contributed by atoms with E-state index in [9.17, 15) is 15.0 Å². The Kier molecular flexibility index (Phi) is 5.65. The second kappa shape index (κ2) is 6.87. The van der Waals surface area contributed by atoms with Gasteiger partial charge in [-0.1, -0.05) is 6.07 Å². The van der Waals surface area contributed by atoms with Crippen LogP contribution in [0.25, 0.3) is 0 Å². The van der Waals surface area contributed by atoms with Crippen LogP contribution in [-0.4, -0.2) is 34.1 Å². The molecule has 0 spiro atoms. The molecule has 0 saturated heterocycles. The van der Waals surface area contributed by atoms with E-state index >= 15 is 0 Å². The van der Waals surface area contributed by atoms with Gasteiger partial charge in [0.25, 0.3) is 0 Å². The molecule has 0 radical (unpaired) electrons. The van der Waals surface area contributed by atoms with Crippen molar-refractivity contribution in [3.63, 3.8) is 0 Å². The van der Waals surface area contributed by atoms with Gasteiger partial charge in [0.05, 0.1) is 17.8 Å². The molecule has 22 heavy (non-hydrogen) atoms. The molecule has 6 heteroatoms. The fourth-order valence-corrected chi connectivity index (χ4v) is 1.91. The lowest BCUT2D eigenvalue weighted by Gasteiger charge is -2.30. The highest BCUT2D eigenvalue weighted by Crippen LogP contribution is 2.23. The van der Waals surface area contributed by atoms with Crippen LogP contribution >= 0.6 is 0 Å². The molecule has 0 aromatic heterocycles. The van der Waals surface area contributed by atoms with E-state index in [0.29, 0.717) is 18.5 Å². The maximum absolute atomic E-state index is 11.8. The van der Waals surface area contributed by atoms with E-state index in [1.54, 1.807) is 39.8 Å². The summed E-state index contributed by atoms with van der Waals surface area (Å²) in [4.78, 5) is 11.8. The van der Waals surface area contributed by atoms with Crippen molar-refractivity contribution in [3.05, 3.63) is 23.8 Å². The molecule has 0 heterocycles. The molecule has 0 bridgehead atoms. The minimum absolute atomic E-state index is 0.0422. The van der Waals surface area contributed by atoms with Crippen LogP contribution in [0.4, 0.5) is 10.5 Å². The number of rotatable bonds is 5. The Morgan fingerprint density at radius 2 is 1.95 bits per heavy atom. The number of nitrogen functional groups attached to an aromatic ring is 1. The number of benzene rings is 1. The van der Waals surface area contributed by atoms with E-state index < -0.39 is 17.2 Å². The number of aromatic hydroxyl groups is 1. The molecule has 0 aliphatic rings. The number of anilines is 1. The van der Waals surface area contributed by atoms with Crippen LogP contribution in [0.15, 0.2) is 18.2 Å². The van der Waals surface area contributed by atoms with Crippen molar-refractivity contribution in [1.29, 1.82) is 0 Å². The van der Waals surface area contributed by atoms with Gasteiger partial charge in [-0.3, -0.25) is 0 Å². The number of amides is 1. The van der Waals surface area contributed by atoms with E-state index in [0.717, 1.165) is 5.56 Å². The SMILES string of the molecule is CC(C)(C)OC(=O)N[C@@](C)(CO)CCc1ccc(O)c(N)c1. The average molecular weight is 310 g/mol. The van der Waals surface area contributed by atoms with Gasteiger partial charge in [0.2, 0.25) is 0 Å². The zero-order valence-electron chi connectivity index (χ0n) is 13.6. The minimum Gasteiger partial charge on any atom is -0.506 e. The molecule has 6 nitrogen and oxygen atoms in total. The summed E-state index contributed by atoms with van der Waals surface area (Å²) in [6.07, 6.45) is 0.541. The topological polar surface area (TPSA) is 105 Å². The number of aliphatic hydroxyl groups is 1. The van der Waals surface area contributed by atoms with Gasteiger partial charge < -0.3 is 26.0 Å². The molecule has 1 atom stereocenters. The molecular weight excluding hydrogens is 284 g/mol. The first kappa shape index (κ1) is 18.1. The Morgan fingerprint density at radius 1 is 1.32 bits per heavy atom. The highest BCUT2D eigenvalue weighted by atomic mass is 16.6. The predicted octanol–water partition coefficient (Wildman–Crippen LogP) is 2.18. The summed E-state index contributed by atoms with van der Waals surface area (Å²) in [7, 11) is 0. The fourth-order valence-electron chi connectivity index (χ4n) is 1.91. The quantitative estimate of drug-likeness (QED) is 0.493. The molecule has 0 unspecified atom stereocenters. The number of carbonyl (C=O) groups excluding carboxylic acids is 1. The molecular formula is C16H26N2O4. The molecule has 124 valence electrons. The number of nitrogens with two attached hydrogens (primary N) is 1. The van der Waals surface area contributed by atoms with Gasteiger partial charge in [-0.15, -0.1) is 0 Å². The molecule has 0 fully saturated rings. The molecule has 1 rings (SSSR count). The fraction of sp³-hybridized carbons (Fsp3) is 0.562. The summed E-state index contributed by atoms with van der Waals surface area (Å²) < 4.78 is 5.21. The number of nitrogens with one attached hydrogen (secondary N) is 1. The van der Waals surface area contributed by atoms with Crippen LogP contribution < -0.4 is 11.1 Å². The van der Waals surface area contributed by atoms with Crippen molar-refractivity contribution in [2.24, 2.45) is 0 Å². The molecule has 0 aliphatic heterocycles. The summed E-state index contributed by atoms with van der Waals surface area (Å²) in [5.74, 6) is 0.0422. The first-order valence-corrected chi connectivity index (χ1v) is 7.24. The first-order chi connectivity index (χ1) is 10.0. The van der Waals surface area contributed by atoms with Crippen molar-refractivity contribution >= 4 is 11.8 Å². The average Bonchev–Trinajstić information content (AvgIpc) is 2.38. The van der Waals surface area contributed by atoms with Crippen LogP contribution in [0, 0.1) is 0 Å². The normalized spacial score (nSPS) is 14.2. The molecule has 5 N–H and O–H groups in total. The third kappa shape index (κ3) is 5.81. The van der Waals surface area contributed by atoms with E-state index in [2.05, 4.69) is 5.32 Å². The predicted molar refractivity (Wildman–Crippen MR) is 85.7 cm³/mol. The third-order valence-electron chi connectivity index (χ3n) is 3.21. The lowest BCUT2D eigenvalue weighted by atomic mass is 9.94. The Morgan fingerprint density at radius 3 is 2.45 bits per heavy atom. The number of hydrogen-bond acceptors (Lipinski definition) is 5. The molecule has 1 aromatic carbocycles. The van der Waals surface area contributed by atoms with Gasteiger partial charge in [0, 0.05) is 0 Å². The highest BCUT2D eigenvalue weighted by Gasteiger charge is 2.28. The lowest BCUT2D eigenvalue weighted by Crippen LogP contribution is -2.50. The maximum Gasteiger partial charge on any atom is 0.408 e. The molecule has 0 saturated carbocycles. The number of alkyl carbamates (subject to hydrolysis) is 1. The summed E-state index contributed by atoms with van der Waals surface area (Å²) in [6.45, 7) is 6.88. The summed E-state index contributed by atoms with van der Waals surface area (Å²) in [5, 5.41) is 21.7. The molecule has 1 aromatic rings. The summed E-state index contributed by atoms with van der Waals surface area (Å²) in [6, 6.07) is 4.97. The van der Waals surface area contributed by atoms with Crippen LogP contribution in [0.3, 0.4) is 0 Å². The van der Waals surface area contributed by atoms with Gasteiger partial charge in [-0.2, -0.15) is 0 Å². The van der Waals surface area contributed by atoms with E-state index in [-0.39, 0.29) is 12.4 Å². The Balaban J connectivity index is 2.66. The standard InChI is InChI=1S/C16H26N2O4/c1-15(2,3)22-14(21)18-16(4,10-19)8-7-11-5-6-13(20)12(17)9-11/h5-6,9,19-20H,7-8,10,17H2,1-4H3,(H,18,21)/t16-/m1/s1. The second-order valence-corrected chi connectivity index (χ2v) is 6.74. The first-order valence-electron chi connectivity index (χ1n) is 7.24. The van der Waals surface area contributed by atoms with Crippen LogP contribution in [-0.2, 0) is 11.2 Å². The number of hydrogen-bond donors (Lipinski definition) is 4. The maximum atomic E-state index is 11.8. The van der Waals surface area contributed by atoms with Crippen LogP contribution in [0.2, 0.25) is 0 Å². The molecule has 0 aliphatic carbocycles. The number of aryl methyl sites for hydroxylation is 1. The Bertz CT molecular complexity index is 525. The van der Waals surface area contributed by atoms with Crippen molar-refractivity contribution in [1.82, 2.24) is 5.32 Å². The number of aliphatic hydroxyl groups excluding tert-OH is 1. The van der Waals surface area contributed by atoms with Gasteiger partial charge in [-0.05, 0) is 58.2 Å². The zero-order chi connectivity index (χ0) is 17.0. The van der Waals surface area contributed by atoms with Crippen molar-refractivity contribution in [3.8, 4) is 5.75 Å². The number of carbonyl (C=O) groups is 1. The largest absolute Gasteiger partial charge is 0.506 e. The lowest BCUT2D eigenvalue weighted by molar-refractivity contribution is 0.0407. The summed E-state index contributed by atoms with van der Waals surface area (Å²) >= 11 is 0. The molecule has 1 amide bonds. The summed E-state index contributed by atoms with van der Waals surface area (Å²) in [5.41, 5.74) is 5.49. The number of ether oxygens (including phenoxy) is 1. The highest BCUT2D eigenvalue weighted by molar-refractivity contribution is 5.68. The van der Waals surface area contributed by atoms with Crippen LogP contribution in [0.1, 0.15) is 39.7 Å². The second-order valence-electron chi connectivity index (χ2n) is 6.74. The smallest absolute Gasteiger partial charge is 0.408 e. The number of phenols is 1. The zero-order valence-corrected chi connectivity index (χ0v) is 13.6. The Labute approximate surface area is 131 Å². The van der Waals surface area contributed by atoms with Gasteiger partial charge in [-0.25, -0.2) is 4.79 Å². The van der Waals surface area contributed by atoms with E-state index in [4.69, 9.17) is 10.5 Å². The van der Waals surface area contributed by atoms with Gasteiger partial charge in [0.15, 0.2) is 0 Å². The Hall–Kier alpha value is -1.95.